The van der Waals surface area contributed by atoms with E-state index in [0.717, 1.165) is 11.3 Å². The summed E-state index contributed by atoms with van der Waals surface area (Å²) in [6.45, 7) is 4.00. The molecule has 9 heteroatoms. The lowest BCUT2D eigenvalue weighted by atomic mass is 9.75. The van der Waals surface area contributed by atoms with Crippen molar-refractivity contribution in [1.29, 1.82) is 0 Å². The quantitative estimate of drug-likeness (QED) is 0.544. The Kier molecular flexibility index (Phi) is 6.88. The second-order valence-corrected chi connectivity index (χ2v) is 8.17. The van der Waals surface area contributed by atoms with Crippen LogP contribution in [0.5, 0.6) is 0 Å². The van der Waals surface area contributed by atoms with Crippen molar-refractivity contribution in [3.8, 4) is 11.3 Å². The van der Waals surface area contributed by atoms with E-state index < -0.39 is 36.3 Å². The summed E-state index contributed by atoms with van der Waals surface area (Å²) in [6, 6.07) is 4.34. The topological polar surface area (TPSA) is 116 Å². The van der Waals surface area contributed by atoms with Crippen LogP contribution in [-0.4, -0.2) is 57.6 Å². The van der Waals surface area contributed by atoms with E-state index in [2.05, 4.69) is 9.97 Å². The zero-order valence-electron chi connectivity index (χ0n) is 18.0. The molecule has 0 fully saturated rings. The molecule has 0 bridgehead atoms. The third-order valence-corrected chi connectivity index (χ3v) is 5.61. The minimum Gasteiger partial charge on any atom is -0.481 e. The third kappa shape index (κ3) is 4.84. The molecule has 0 spiro atoms. The normalized spacial score (nSPS) is 17.1. The van der Waals surface area contributed by atoms with Crippen molar-refractivity contribution in [2.75, 3.05) is 19.2 Å². The number of fused-ring (bicyclic) bond motifs is 3. The number of nitrogens with zero attached hydrogens (tertiary/aromatic N) is 3. The summed E-state index contributed by atoms with van der Waals surface area (Å²) in [5, 5.41) is 31.3. The number of aliphatic hydroxyl groups excluding tert-OH is 2. The molecule has 3 N–H and O–H groups in total. The van der Waals surface area contributed by atoms with E-state index in [4.69, 9.17) is 9.94 Å². The van der Waals surface area contributed by atoms with Crippen LogP contribution in [0.2, 0.25) is 0 Å². The highest BCUT2D eigenvalue weighted by Gasteiger charge is 2.35. The van der Waals surface area contributed by atoms with Crippen LogP contribution < -0.4 is 5.06 Å². The Labute approximate surface area is 180 Å². The van der Waals surface area contributed by atoms with Gasteiger partial charge < -0.3 is 15.3 Å². The summed E-state index contributed by atoms with van der Waals surface area (Å²) in [5.41, 5.74) is 3.54. The number of aromatic nitrogens is 2. The molecule has 2 aromatic rings. The van der Waals surface area contributed by atoms with E-state index >= 15 is 0 Å². The molecule has 1 aromatic carbocycles. The fraction of sp³-hybridized carbons (Fsp3) is 0.500. The van der Waals surface area contributed by atoms with Gasteiger partial charge in [-0.1, -0.05) is 13.8 Å². The molecule has 31 heavy (non-hydrogen) atoms. The summed E-state index contributed by atoms with van der Waals surface area (Å²) in [6.07, 6.45) is -2.53. The molecule has 3 rings (SSSR count). The molecule has 1 aliphatic carbocycles. The average molecular weight is 433 g/mol. The van der Waals surface area contributed by atoms with Crippen LogP contribution in [0.3, 0.4) is 0 Å². The van der Waals surface area contributed by atoms with Crippen molar-refractivity contribution in [3.63, 3.8) is 0 Å². The van der Waals surface area contributed by atoms with Gasteiger partial charge in [0, 0.05) is 30.5 Å². The molecule has 0 amide bonds. The highest BCUT2D eigenvalue weighted by Crippen LogP contribution is 2.44. The largest absolute Gasteiger partial charge is 0.481 e. The number of hydrogen-bond donors (Lipinski definition) is 3. The molecule has 8 nitrogen and oxygen atoms in total. The first-order valence-corrected chi connectivity index (χ1v) is 10.2. The van der Waals surface area contributed by atoms with Gasteiger partial charge in [0.1, 0.15) is 5.82 Å². The summed E-state index contributed by atoms with van der Waals surface area (Å²) >= 11 is 0. The second kappa shape index (κ2) is 9.25. The van der Waals surface area contributed by atoms with Crippen molar-refractivity contribution in [3.05, 3.63) is 40.8 Å². The number of aliphatic carboxylic acids is 1. The number of aliphatic hydroxyl groups is 2. The Bertz CT molecular complexity index is 968. The number of carboxylic acid groups (broad SMARTS) is 1. The number of benzene rings is 1. The number of hydrogen-bond acceptors (Lipinski definition) is 7. The molecule has 1 aromatic heterocycles. The maximum absolute atomic E-state index is 14.1. The number of carboxylic acids is 1. The number of rotatable bonds is 8. The number of hydroxylamine groups is 1. The molecule has 3 atom stereocenters. The first kappa shape index (κ1) is 23.1. The van der Waals surface area contributed by atoms with E-state index in [0.29, 0.717) is 29.2 Å². The molecule has 0 radical (unpaired) electrons. The van der Waals surface area contributed by atoms with Gasteiger partial charge in [-0.2, -0.15) is 0 Å². The predicted octanol–water partition coefficient (Wildman–Crippen LogP) is 2.63. The van der Waals surface area contributed by atoms with Crippen LogP contribution in [0.25, 0.3) is 11.3 Å². The molecule has 0 unspecified atom stereocenters. The summed E-state index contributed by atoms with van der Waals surface area (Å²) in [4.78, 5) is 25.4. The minimum absolute atomic E-state index is 0.0538. The molecular weight excluding hydrogens is 405 g/mol. The van der Waals surface area contributed by atoms with Gasteiger partial charge in [-0.05, 0) is 36.1 Å². The lowest BCUT2D eigenvalue weighted by molar-refractivity contribution is -0.139. The van der Waals surface area contributed by atoms with Crippen molar-refractivity contribution >= 4 is 11.9 Å². The Hall–Kier alpha value is -2.62. The summed E-state index contributed by atoms with van der Waals surface area (Å²) < 4.78 is 14.1. The Morgan fingerprint density at radius 3 is 2.65 bits per heavy atom. The Morgan fingerprint density at radius 2 is 2.03 bits per heavy atom. The van der Waals surface area contributed by atoms with Crippen LogP contribution in [0.4, 0.5) is 10.3 Å². The van der Waals surface area contributed by atoms with Gasteiger partial charge in [0.15, 0.2) is 0 Å². The van der Waals surface area contributed by atoms with E-state index in [1.54, 1.807) is 13.1 Å². The maximum Gasteiger partial charge on any atom is 0.305 e. The van der Waals surface area contributed by atoms with Gasteiger partial charge in [-0.15, -0.1) is 0 Å². The van der Waals surface area contributed by atoms with Gasteiger partial charge in [0.05, 0.1) is 37.1 Å². The standard InChI is InChI=1S/C22H28FN3O5/c1-11(2)20-17-10-16(18(28)8-13(27)9-19(29)30)15-7-12(23)5-6-14(15)21(17)25-22(24-20)26(3)31-4/h5-7,11,13,16,18,27-28H,8-10H2,1-4H3,(H,29,30)/t13-,16-,18+/m1/s1. The number of anilines is 1. The van der Waals surface area contributed by atoms with E-state index in [9.17, 15) is 19.4 Å². The van der Waals surface area contributed by atoms with Crippen LogP contribution in [0, 0.1) is 5.82 Å². The van der Waals surface area contributed by atoms with Crippen molar-refractivity contribution in [1.82, 2.24) is 9.97 Å². The Balaban J connectivity index is 2.10. The van der Waals surface area contributed by atoms with Crippen molar-refractivity contribution < 1.29 is 29.3 Å². The smallest absolute Gasteiger partial charge is 0.305 e. The van der Waals surface area contributed by atoms with Gasteiger partial charge in [-0.25, -0.2) is 19.4 Å². The van der Waals surface area contributed by atoms with Crippen LogP contribution in [-0.2, 0) is 16.1 Å². The minimum atomic E-state index is -1.20. The van der Waals surface area contributed by atoms with Crippen LogP contribution in [0.1, 0.15) is 55.3 Å². The zero-order chi connectivity index (χ0) is 22.9. The highest BCUT2D eigenvalue weighted by molar-refractivity contribution is 5.73. The monoisotopic (exact) mass is 433 g/mol. The predicted molar refractivity (Wildman–Crippen MR) is 112 cm³/mol. The van der Waals surface area contributed by atoms with Crippen molar-refractivity contribution in [2.45, 2.75) is 57.2 Å². The van der Waals surface area contributed by atoms with Crippen LogP contribution in [0.15, 0.2) is 18.2 Å². The molecular formula is C22H28FN3O5. The molecule has 168 valence electrons. The number of halogens is 1. The average Bonchev–Trinajstić information content (AvgIpc) is 2.70. The first-order chi connectivity index (χ1) is 14.6. The Morgan fingerprint density at radius 1 is 1.32 bits per heavy atom. The summed E-state index contributed by atoms with van der Waals surface area (Å²) in [7, 11) is 3.20. The molecule has 1 heterocycles. The second-order valence-electron chi connectivity index (χ2n) is 8.17. The zero-order valence-corrected chi connectivity index (χ0v) is 18.0. The lowest BCUT2D eigenvalue weighted by Crippen LogP contribution is -2.30. The molecule has 0 saturated heterocycles. The van der Waals surface area contributed by atoms with E-state index in [1.165, 1.54) is 24.3 Å². The van der Waals surface area contributed by atoms with Crippen molar-refractivity contribution in [2.24, 2.45) is 0 Å². The highest BCUT2D eigenvalue weighted by atomic mass is 19.1. The molecule has 1 aliphatic rings. The van der Waals surface area contributed by atoms with E-state index in [-0.39, 0.29) is 12.3 Å². The van der Waals surface area contributed by atoms with Gasteiger partial charge in [-0.3, -0.25) is 9.63 Å². The molecule has 0 aliphatic heterocycles. The maximum atomic E-state index is 14.1. The van der Waals surface area contributed by atoms with Gasteiger partial charge in [0.2, 0.25) is 5.95 Å². The fourth-order valence-electron chi connectivity index (χ4n) is 4.07. The van der Waals surface area contributed by atoms with E-state index in [1.807, 2.05) is 13.8 Å². The first-order valence-electron chi connectivity index (χ1n) is 10.2. The summed E-state index contributed by atoms with van der Waals surface area (Å²) in [5.74, 6) is -1.70. The SMILES string of the molecule is CON(C)c1nc2c(c(C(C)C)n1)C[C@@H]([C@@H](O)C[C@@H](O)CC(=O)O)c1cc(F)ccc1-2. The third-order valence-electron chi connectivity index (χ3n) is 5.61. The van der Waals surface area contributed by atoms with Crippen LogP contribution >= 0.6 is 0 Å². The van der Waals surface area contributed by atoms with Gasteiger partial charge >= 0.3 is 5.97 Å². The fourth-order valence-corrected chi connectivity index (χ4v) is 4.07. The number of carbonyl (C=O) groups is 1. The van der Waals surface area contributed by atoms with Gasteiger partial charge in [0.25, 0.3) is 0 Å². The lowest BCUT2D eigenvalue weighted by Gasteiger charge is -2.33. The molecule has 0 saturated carbocycles.